The summed E-state index contributed by atoms with van der Waals surface area (Å²) in [5, 5.41) is 1.90. The van der Waals surface area contributed by atoms with Crippen molar-refractivity contribution in [3.05, 3.63) is 0 Å². The molecule has 0 aliphatic heterocycles. The van der Waals surface area contributed by atoms with Crippen molar-refractivity contribution in [2.75, 3.05) is 0 Å². The van der Waals surface area contributed by atoms with Crippen LogP contribution in [-0.4, -0.2) is 36.3 Å². The summed E-state index contributed by atoms with van der Waals surface area (Å²) in [7, 11) is 0. The third-order valence-corrected chi connectivity index (χ3v) is 1.87. The normalized spacial score (nSPS) is 16.0. The van der Waals surface area contributed by atoms with Crippen molar-refractivity contribution in [1.29, 1.82) is 0 Å². The Morgan fingerprint density at radius 3 is 1.32 bits per heavy atom. The Labute approximate surface area is 103 Å². The topological polar surface area (TPSA) is 98.2 Å². The predicted molar refractivity (Wildman–Crippen MR) is 50.4 cm³/mol. The summed E-state index contributed by atoms with van der Waals surface area (Å²) in [6.45, 7) is 0. The largest absolute Gasteiger partial charge is 0.450 e. The lowest BCUT2D eigenvalue weighted by Gasteiger charge is -2.19. The molecular formula is C8H11F6N3O2. The lowest BCUT2D eigenvalue weighted by atomic mass is 10.2. The zero-order valence-electron chi connectivity index (χ0n) is 9.31. The molecule has 5 nitrogen and oxygen atoms in total. The van der Waals surface area contributed by atoms with Crippen LogP contribution >= 0.6 is 0 Å². The van der Waals surface area contributed by atoms with Crippen LogP contribution < -0.4 is 16.8 Å². The van der Waals surface area contributed by atoms with Crippen molar-refractivity contribution in [2.45, 2.75) is 37.5 Å². The maximum Gasteiger partial charge on any atom is 0.450 e. The minimum Gasteiger partial charge on any atom is -0.315 e. The molecule has 0 saturated carbocycles. The van der Waals surface area contributed by atoms with Crippen LogP contribution in [0.3, 0.4) is 0 Å². The highest BCUT2D eigenvalue weighted by Gasteiger charge is 2.40. The van der Waals surface area contributed by atoms with E-state index in [1.807, 2.05) is 5.32 Å². The molecule has 0 aromatic heterocycles. The zero-order valence-corrected chi connectivity index (χ0v) is 9.31. The van der Waals surface area contributed by atoms with Gasteiger partial charge in [-0.05, 0) is 0 Å². The SMILES string of the molecule is NC(CC(=O)C(F)(F)F)NC(N)CC(=O)C(F)(F)F. The van der Waals surface area contributed by atoms with Gasteiger partial charge in [-0.1, -0.05) is 0 Å². The van der Waals surface area contributed by atoms with Crippen molar-refractivity contribution in [2.24, 2.45) is 11.5 Å². The smallest absolute Gasteiger partial charge is 0.315 e. The monoisotopic (exact) mass is 295 g/mol. The van der Waals surface area contributed by atoms with Crippen LogP contribution in [0.4, 0.5) is 26.3 Å². The van der Waals surface area contributed by atoms with Crippen LogP contribution in [-0.2, 0) is 9.59 Å². The fraction of sp³-hybridized carbons (Fsp3) is 0.750. The van der Waals surface area contributed by atoms with Crippen LogP contribution in [0.1, 0.15) is 12.8 Å². The van der Waals surface area contributed by atoms with Gasteiger partial charge in [0.15, 0.2) is 0 Å². The van der Waals surface area contributed by atoms with Gasteiger partial charge >= 0.3 is 12.4 Å². The molecule has 0 aromatic rings. The Kier molecular flexibility index (Phi) is 5.90. The number of ketones is 2. The number of hydrogen-bond donors (Lipinski definition) is 3. The molecule has 11 heteroatoms. The van der Waals surface area contributed by atoms with Gasteiger partial charge in [0.1, 0.15) is 0 Å². The summed E-state index contributed by atoms with van der Waals surface area (Å²) in [6.07, 6.45) is -15.8. The van der Waals surface area contributed by atoms with Crippen LogP contribution in [0.25, 0.3) is 0 Å². The molecule has 19 heavy (non-hydrogen) atoms. The van der Waals surface area contributed by atoms with Crippen LogP contribution in [0.15, 0.2) is 0 Å². The van der Waals surface area contributed by atoms with Gasteiger partial charge in [-0.3, -0.25) is 14.9 Å². The molecule has 2 atom stereocenters. The second kappa shape index (κ2) is 6.30. The highest BCUT2D eigenvalue weighted by molar-refractivity contribution is 5.85. The van der Waals surface area contributed by atoms with Crippen LogP contribution in [0.2, 0.25) is 0 Å². The molecule has 0 spiro atoms. The van der Waals surface area contributed by atoms with E-state index in [4.69, 9.17) is 11.5 Å². The van der Waals surface area contributed by atoms with Crippen molar-refractivity contribution in [1.82, 2.24) is 5.32 Å². The first-order valence-electron chi connectivity index (χ1n) is 4.81. The van der Waals surface area contributed by atoms with E-state index >= 15 is 0 Å². The summed E-state index contributed by atoms with van der Waals surface area (Å²) in [6, 6.07) is 0. The number of halogens is 6. The first-order valence-corrected chi connectivity index (χ1v) is 4.81. The minimum atomic E-state index is -5.09. The van der Waals surface area contributed by atoms with E-state index in [9.17, 15) is 35.9 Å². The third kappa shape index (κ3) is 7.08. The van der Waals surface area contributed by atoms with Gasteiger partial charge in [-0.15, -0.1) is 0 Å². The molecule has 0 saturated heterocycles. The highest BCUT2D eigenvalue weighted by atomic mass is 19.4. The number of hydrogen-bond acceptors (Lipinski definition) is 5. The lowest BCUT2D eigenvalue weighted by Crippen LogP contribution is -2.52. The second-order valence-corrected chi connectivity index (χ2v) is 3.63. The molecule has 112 valence electrons. The summed E-state index contributed by atoms with van der Waals surface area (Å²) in [5.41, 5.74) is 10.1. The van der Waals surface area contributed by atoms with Gasteiger partial charge in [0.25, 0.3) is 0 Å². The molecule has 5 N–H and O–H groups in total. The average Bonchev–Trinajstić information content (AvgIpc) is 2.13. The van der Waals surface area contributed by atoms with Gasteiger partial charge in [-0.2, -0.15) is 26.3 Å². The van der Waals surface area contributed by atoms with Gasteiger partial charge in [0, 0.05) is 12.8 Å². The Morgan fingerprint density at radius 2 is 1.11 bits per heavy atom. The molecule has 0 aromatic carbocycles. The molecule has 0 aliphatic rings. The van der Waals surface area contributed by atoms with Crippen LogP contribution in [0.5, 0.6) is 0 Å². The number of alkyl halides is 6. The summed E-state index contributed by atoms with van der Waals surface area (Å²) in [4.78, 5) is 21.0. The summed E-state index contributed by atoms with van der Waals surface area (Å²) in [5.74, 6) is -4.30. The number of rotatable bonds is 6. The van der Waals surface area contributed by atoms with Gasteiger partial charge in [-0.25, -0.2) is 0 Å². The molecule has 0 amide bonds. The van der Waals surface area contributed by atoms with E-state index in [2.05, 4.69) is 0 Å². The van der Waals surface area contributed by atoms with Crippen molar-refractivity contribution >= 4 is 11.6 Å². The second-order valence-electron chi connectivity index (χ2n) is 3.63. The van der Waals surface area contributed by atoms with E-state index < -0.39 is 49.1 Å². The Bertz CT molecular complexity index is 308. The van der Waals surface area contributed by atoms with Crippen molar-refractivity contribution < 1.29 is 35.9 Å². The fourth-order valence-corrected chi connectivity index (χ4v) is 1.02. The van der Waals surface area contributed by atoms with E-state index in [1.165, 1.54) is 0 Å². The Hall–Kier alpha value is -1.20. The average molecular weight is 295 g/mol. The summed E-state index contributed by atoms with van der Waals surface area (Å²) < 4.78 is 71.1. The zero-order chi connectivity index (χ0) is 15.4. The van der Waals surface area contributed by atoms with E-state index in [-0.39, 0.29) is 0 Å². The van der Waals surface area contributed by atoms with E-state index in [1.54, 1.807) is 0 Å². The van der Waals surface area contributed by atoms with E-state index in [0.29, 0.717) is 0 Å². The Balaban J connectivity index is 4.24. The number of carbonyl (C=O) groups excluding carboxylic acids is 2. The number of carbonyl (C=O) groups is 2. The van der Waals surface area contributed by atoms with Crippen molar-refractivity contribution in [3.8, 4) is 0 Å². The number of nitrogens with one attached hydrogen (secondary N) is 1. The minimum absolute atomic E-state index is 1.20. The first-order chi connectivity index (χ1) is 8.34. The first kappa shape index (κ1) is 17.8. The predicted octanol–water partition coefficient (Wildman–Crippen LogP) is 0.189. The Morgan fingerprint density at radius 1 is 0.842 bits per heavy atom. The van der Waals surface area contributed by atoms with Crippen molar-refractivity contribution in [3.63, 3.8) is 0 Å². The third-order valence-electron chi connectivity index (χ3n) is 1.87. The standard InChI is InChI=1S/C8H11F6N3O2/c9-7(10,11)3(18)1-5(15)17-6(16)2-4(19)8(12,13)14/h5-6,17H,1-2,15-16H2. The van der Waals surface area contributed by atoms with E-state index in [0.717, 1.165) is 0 Å². The molecule has 0 bridgehead atoms. The lowest BCUT2D eigenvalue weighted by molar-refractivity contribution is -0.172. The molecule has 0 aliphatic carbocycles. The van der Waals surface area contributed by atoms with Gasteiger partial charge in [0.05, 0.1) is 12.3 Å². The number of nitrogens with two attached hydrogens (primary N) is 2. The van der Waals surface area contributed by atoms with Gasteiger partial charge < -0.3 is 11.5 Å². The fourth-order valence-electron chi connectivity index (χ4n) is 1.02. The molecule has 2 unspecified atom stereocenters. The maximum absolute atomic E-state index is 11.8. The highest BCUT2D eigenvalue weighted by Crippen LogP contribution is 2.19. The molecule has 0 heterocycles. The summed E-state index contributed by atoms with van der Waals surface area (Å²) >= 11 is 0. The molecule has 0 radical (unpaired) electrons. The maximum atomic E-state index is 11.8. The molecule has 0 rings (SSSR count). The molecule has 0 fully saturated rings. The number of Topliss-reactive ketones (excluding diaryl/α,β-unsaturated/α-hetero) is 2. The molecular weight excluding hydrogens is 284 g/mol. The quantitative estimate of drug-likeness (QED) is 0.480. The van der Waals surface area contributed by atoms with Crippen LogP contribution in [0, 0.1) is 0 Å². The van der Waals surface area contributed by atoms with Gasteiger partial charge in [0.2, 0.25) is 11.6 Å².